The number of hydrogen-bond acceptors (Lipinski definition) is 5. The van der Waals surface area contributed by atoms with Crippen molar-refractivity contribution in [2.24, 2.45) is 0 Å². The summed E-state index contributed by atoms with van der Waals surface area (Å²) >= 11 is 0. The molecule has 0 bridgehead atoms. The Balaban J connectivity index is 1.85. The van der Waals surface area contributed by atoms with Crippen molar-refractivity contribution in [3.63, 3.8) is 0 Å². The van der Waals surface area contributed by atoms with E-state index in [2.05, 4.69) is 0 Å². The number of benzene rings is 2. The van der Waals surface area contributed by atoms with Crippen molar-refractivity contribution < 1.29 is 23.5 Å². The summed E-state index contributed by atoms with van der Waals surface area (Å²) in [7, 11) is 0. The summed E-state index contributed by atoms with van der Waals surface area (Å²) in [5.41, 5.74) is -0.285. The first-order valence-electron chi connectivity index (χ1n) is 7.02. The highest BCUT2D eigenvalue weighted by Crippen LogP contribution is 2.27. The number of nitro benzene ring substituents is 1. The second kappa shape index (κ2) is 7.98. The van der Waals surface area contributed by atoms with Crippen molar-refractivity contribution in [3.8, 4) is 17.2 Å². The zero-order chi connectivity index (χ0) is 16.7. The summed E-state index contributed by atoms with van der Waals surface area (Å²) in [6.45, 7) is 2.70. The lowest BCUT2D eigenvalue weighted by atomic mass is 10.3. The van der Waals surface area contributed by atoms with Crippen LogP contribution in [0.3, 0.4) is 0 Å². The molecular formula is C16H16FNO5. The van der Waals surface area contributed by atoms with Gasteiger partial charge in [-0.1, -0.05) is 0 Å². The van der Waals surface area contributed by atoms with E-state index in [9.17, 15) is 14.5 Å². The summed E-state index contributed by atoms with van der Waals surface area (Å²) in [5, 5.41) is 10.8. The molecule has 0 aliphatic rings. The fourth-order valence-electron chi connectivity index (χ4n) is 1.86. The van der Waals surface area contributed by atoms with Crippen LogP contribution in [0.4, 0.5) is 10.1 Å². The Bertz CT molecular complexity index is 660. The van der Waals surface area contributed by atoms with E-state index in [1.165, 1.54) is 0 Å². The van der Waals surface area contributed by atoms with E-state index in [1.54, 1.807) is 24.3 Å². The van der Waals surface area contributed by atoms with Gasteiger partial charge in [0.25, 0.3) is 0 Å². The molecule has 7 heteroatoms. The van der Waals surface area contributed by atoms with Gasteiger partial charge < -0.3 is 14.2 Å². The largest absolute Gasteiger partial charge is 0.494 e. The number of ether oxygens (including phenoxy) is 3. The van der Waals surface area contributed by atoms with E-state index in [0.717, 1.165) is 23.9 Å². The topological polar surface area (TPSA) is 70.8 Å². The van der Waals surface area contributed by atoms with Gasteiger partial charge in [-0.3, -0.25) is 10.1 Å². The van der Waals surface area contributed by atoms with Crippen LogP contribution >= 0.6 is 0 Å². The predicted octanol–water partition coefficient (Wildman–Crippen LogP) is 3.59. The number of nitro groups is 1. The van der Waals surface area contributed by atoms with Crippen LogP contribution in [0.1, 0.15) is 6.92 Å². The van der Waals surface area contributed by atoms with Crippen LogP contribution in [-0.2, 0) is 0 Å². The molecule has 0 heterocycles. The highest BCUT2D eigenvalue weighted by Gasteiger charge is 2.15. The number of halogens is 1. The molecule has 0 unspecified atom stereocenters. The zero-order valence-electron chi connectivity index (χ0n) is 12.5. The van der Waals surface area contributed by atoms with E-state index in [-0.39, 0.29) is 24.7 Å². The van der Waals surface area contributed by atoms with Crippen LogP contribution in [0.5, 0.6) is 17.2 Å². The lowest BCUT2D eigenvalue weighted by Gasteiger charge is -2.09. The van der Waals surface area contributed by atoms with Crippen LogP contribution in [0.2, 0.25) is 0 Å². The van der Waals surface area contributed by atoms with Crippen molar-refractivity contribution >= 4 is 5.69 Å². The molecule has 0 aromatic heterocycles. The summed E-state index contributed by atoms with van der Waals surface area (Å²) in [5.74, 6) is 0.639. The van der Waals surface area contributed by atoms with Crippen LogP contribution in [0.15, 0.2) is 42.5 Å². The van der Waals surface area contributed by atoms with Gasteiger partial charge in [-0.2, -0.15) is 0 Å². The standard InChI is InChI=1S/C16H16FNO5/c1-2-21-13-4-6-14(7-5-13)22-9-10-23-16-11-12(17)3-8-15(16)18(19)20/h3-8,11H,2,9-10H2,1H3. The zero-order valence-corrected chi connectivity index (χ0v) is 12.5. The van der Waals surface area contributed by atoms with Crippen LogP contribution < -0.4 is 14.2 Å². The van der Waals surface area contributed by atoms with Crippen molar-refractivity contribution in [1.82, 2.24) is 0 Å². The molecule has 2 rings (SSSR count). The van der Waals surface area contributed by atoms with Gasteiger partial charge in [0.05, 0.1) is 11.5 Å². The molecule has 0 aliphatic carbocycles. The third-order valence-corrected chi connectivity index (χ3v) is 2.86. The first-order chi connectivity index (χ1) is 11.1. The summed E-state index contributed by atoms with van der Waals surface area (Å²) in [4.78, 5) is 10.2. The molecule has 0 saturated heterocycles. The Morgan fingerprint density at radius 3 is 2.22 bits per heavy atom. The highest BCUT2D eigenvalue weighted by atomic mass is 19.1. The smallest absolute Gasteiger partial charge is 0.311 e. The SMILES string of the molecule is CCOc1ccc(OCCOc2cc(F)ccc2[N+](=O)[O-])cc1. The Morgan fingerprint density at radius 1 is 1.00 bits per heavy atom. The van der Waals surface area contributed by atoms with Crippen molar-refractivity contribution in [3.05, 3.63) is 58.4 Å². The van der Waals surface area contributed by atoms with Crippen molar-refractivity contribution in [1.29, 1.82) is 0 Å². The average molecular weight is 321 g/mol. The lowest BCUT2D eigenvalue weighted by molar-refractivity contribution is -0.385. The third kappa shape index (κ3) is 4.84. The maximum absolute atomic E-state index is 13.1. The van der Waals surface area contributed by atoms with Gasteiger partial charge in [0, 0.05) is 12.1 Å². The summed E-state index contributed by atoms with van der Waals surface area (Å²) in [6, 6.07) is 10.1. The van der Waals surface area contributed by atoms with Crippen LogP contribution in [0, 0.1) is 15.9 Å². The number of rotatable bonds is 8. The first kappa shape index (κ1) is 16.5. The minimum atomic E-state index is -0.623. The van der Waals surface area contributed by atoms with Gasteiger partial charge in [0.1, 0.15) is 30.5 Å². The fourth-order valence-corrected chi connectivity index (χ4v) is 1.86. The maximum Gasteiger partial charge on any atom is 0.311 e. The molecule has 2 aromatic carbocycles. The maximum atomic E-state index is 13.1. The average Bonchev–Trinajstić information content (AvgIpc) is 2.53. The Hall–Kier alpha value is -2.83. The Morgan fingerprint density at radius 2 is 1.61 bits per heavy atom. The van der Waals surface area contributed by atoms with Crippen LogP contribution in [-0.4, -0.2) is 24.7 Å². The van der Waals surface area contributed by atoms with E-state index in [4.69, 9.17) is 14.2 Å². The van der Waals surface area contributed by atoms with E-state index in [1.807, 2.05) is 6.92 Å². The quantitative estimate of drug-likeness (QED) is 0.422. The molecule has 23 heavy (non-hydrogen) atoms. The molecule has 0 aliphatic heterocycles. The Labute approximate surface area is 132 Å². The van der Waals surface area contributed by atoms with Gasteiger partial charge in [0.15, 0.2) is 5.75 Å². The normalized spacial score (nSPS) is 10.2. The summed E-state index contributed by atoms with van der Waals surface area (Å²) < 4.78 is 29.1. The van der Waals surface area contributed by atoms with Gasteiger partial charge in [-0.05, 0) is 37.3 Å². The summed E-state index contributed by atoms with van der Waals surface area (Å²) in [6.07, 6.45) is 0. The van der Waals surface area contributed by atoms with Gasteiger partial charge in [-0.15, -0.1) is 0 Å². The minimum absolute atomic E-state index is 0.0531. The molecule has 122 valence electrons. The van der Waals surface area contributed by atoms with E-state index < -0.39 is 10.7 Å². The molecular weight excluding hydrogens is 305 g/mol. The molecule has 0 amide bonds. The molecule has 2 aromatic rings. The molecule has 0 atom stereocenters. The second-order valence-electron chi connectivity index (χ2n) is 4.47. The van der Waals surface area contributed by atoms with E-state index >= 15 is 0 Å². The lowest BCUT2D eigenvalue weighted by Crippen LogP contribution is -2.10. The van der Waals surface area contributed by atoms with Crippen molar-refractivity contribution in [2.45, 2.75) is 6.92 Å². The molecule has 0 radical (unpaired) electrons. The first-order valence-corrected chi connectivity index (χ1v) is 7.02. The molecule has 0 N–H and O–H groups in total. The van der Waals surface area contributed by atoms with Crippen LogP contribution in [0.25, 0.3) is 0 Å². The highest BCUT2D eigenvalue weighted by molar-refractivity contribution is 5.46. The second-order valence-corrected chi connectivity index (χ2v) is 4.47. The third-order valence-electron chi connectivity index (χ3n) is 2.86. The van der Waals surface area contributed by atoms with Gasteiger partial charge >= 0.3 is 5.69 Å². The predicted molar refractivity (Wildman–Crippen MR) is 81.7 cm³/mol. The number of hydrogen-bond donors (Lipinski definition) is 0. The fraction of sp³-hybridized carbons (Fsp3) is 0.250. The molecule has 0 spiro atoms. The number of nitrogens with zero attached hydrogens (tertiary/aromatic N) is 1. The van der Waals surface area contributed by atoms with Gasteiger partial charge in [-0.25, -0.2) is 4.39 Å². The van der Waals surface area contributed by atoms with Crippen molar-refractivity contribution in [2.75, 3.05) is 19.8 Å². The van der Waals surface area contributed by atoms with E-state index in [0.29, 0.717) is 12.4 Å². The minimum Gasteiger partial charge on any atom is -0.494 e. The molecule has 6 nitrogen and oxygen atoms in total. The monoisotopic (exact) mass is 321 g/mol. The molecule has 0 saturated carbocycles. The van der Waals surface area contributed by atoms with Gasteiger partial charge in [0.2, 0.25) is 0 Å². The Kier molecular flexibility index (Phi) is 5.74. The molecule has 0 fully saturated rings.